The molecule has 2 N–H and O–H groups in total. The molecule has 2 aromatic carbocycles. The molecule has 1 aliphatic carbocycles. The molecular formula is C31H28Cl3N3O4. The second kappa shape index (κ2) is 11.2. The minimum absolute atomic E-state index is 0.0191. The Kier molecular flexibility index (Phi) is 7.64. The van der Waals surface area contributed by atoms with Crippen LogP contribution in [0.2, 0.25) is 15.1 Å². The second-order valence-electron chi connectivity index (χ2n) is 10.5. The van der Waals surface area contributed by atoms with Crippen LogP contribution in [0.5, 0.6) is 5.75 Å². The van der Waals surface area contributed by atoms with E-state index in [1.807, 2.05) is 18.2 Å². The largest absolute Gasteiger partial charge is 0.508 e. The van der Waals surface area contributed by atoms with Crippen molar-refractivity contribution in [3.63, 3.8) is 0 Å². The van der Waals surface area contributed by atoms with Gasteiger partial charge in [0.1, 0.15) is 35.4 Å². The summed E-state index contributed by atoms with van der Waals surface area (Å²) in [5, 5.41) is 26.8. The van der Waals surface area contributed by atoms with Gasteiger partial charge in [0.2, 0.25) is 0 Å². The Bertz CT molecular complexity index is 1570. The third kappa shape index (κ3) is 5.64. The van der Waals surface area contributed by atoms with E-state index < -0.39 is 5.60 Å². The van der Waals surface area contributed by atoms with Gasteiger partial charge in [-0.3, -0.25) is 0 Å². The number of aromatic nitrogens is 2. The van der Waals surface area contributed by atoms with Crippen molar-refractivity contribution in [1.29, 1.82) is 0 Å². The minimum Gasteiger partial charge on any atom is -0.508 e. The summed E-state index contributed by atoms with van der Waals surface area (Å²) < 4.78 is 11.9. The number of nitrogens with zero attached hydrogens (tertiary/aromatic N) is 3. The Morgan fingerprint density at radius 1 is 1.05 bits per heavy atom. The summed E-state index contributed by atoms with van der Waals surface area (Å²) in [6.45, 7) is 4.93. The molecule has 0 atom stereocenters. The van der Waals surface area contributed by atoms with Gasteiger partial charge in [-0.1, -0.05) is 58.7 Å². The van der Waals surface area contributed by atoms with Crippen molar-refractivity contribution in [1.82, 2.24) is 10.1 Å². The normalized spacial score (nSPS) is 16.5. The zero-order chi connectivity index (χ0) is 28.7. The molecule has 1 aliphatic heterocycles. The van der Waals surface area contributed by atoms with Crippen molar-refractivity contribution >= 4 is 46.4 Å². The number of ether oxygens (including phenoxy) is 1. The fraction of sp³-hybridized carbons (Fsp3) is 0.290. The van der Waals surface area contributed by atoms with Crippen LogP contribution in [0.15, 0.2) is 65.8 Å². The molecular weight excluding hydrogens is 585 g/mol. The van der Waals surface area contributed by atoms with Crippen molar-refractivity contribution in [2.45, 2.75) is 43.8 Å². The molecule has 1 saturated carbocycles. The van der Waals surface area contributed by atoms with Gasteiger partial charge >= 0.3 is 0 Å². The molecule has 4 aromatic rings. The van der Waals surface area contributed by atoms with Crippen molar-refractivity contribution in [3.8, 4) is 17.0 Å². The minimum atomic E-state index is -1.08. The maximum atomic E-state index is 11.5. The summed E-state index contributed by atoms with van der Waals surface area (Å²) in [5.74, 6) is 2.43. The number of aliphatic hydroxyl groups excluding tert-OH is 1. The maximum Gasteiger partial charge on any atom is 0.147 e. The number of anilines is 1. The third-order valence-electron chi connectivity index (χ3n) is 7.79. The number of pyridine rings is 1. The number of hydrogen-bond acceptors (Lipinski definition) is 7. The lowest BCUT2D eigenvalue weighted by molar-refractivity contribution is 0.0117. The van der Waals surface area contributed by atoms with Crippen LogP contribution in [-0.4, -0.2) is 33.4 Å². The van der Waals surface area contributed by atoms with E-state index in [1.165, 1.54) is 0 Å². The summed E-state index contributed by atoms with van der Waals surface area (Å²) in [6, 6.07) is 14.3. The fourth-order valence-corrected chi connectivity index (χ4v) is 6.21. The van der Waals surface area contributed by atoms with E-state index in [0.29, 0.717) is 75.1 Å². The van der Waals surface area contributed by atoms with E-state index in [0.717, 1.165) is 30.0 Å². The average molecular weight is 613 g/mol. The van der Waals surface area contributed by atoms with Crippen LogP contribution in [0, 0.1) is 0 Å². The molecule has 0 unspecified atom stereocenters. The standard InChI is InChI=1S/C31H28Cl3N3O4/c1-18(38)20-7-10-27(35-16-20)37-13-11-31(39,12-14-37)23-9-8-21(15-26(23)34)40-17-22-29(36-41-30(22)19-5-6-19)28-24(32)3-2-4-25(28)33/h2-4,7-10,15-16,19,38-39H,1,5-6,11-14,17H2. The van der Waals surface area contributed by atoms with Gasteiger partial charge in [-0.05, 0) is 62.1 Å². The number of aliphatic hydroxyl groups is 2. The lowest BCUT2D eigenvalue weighted by Gasteiger charge is -2.39. The first kappa shape index (κ1) is 27.9. The smallest absolute Gasteiger partial charge is 0.147 e. The number of halogens is 3. The molecule has 0 amide bonds. The SMILES string of the molecule is C=C(O)c1ccc(N2CCC(O)(c3ccc(OCc4c(-c5c(Cl)cccc5Cl)noc4C4CC4)cc3Cl)CC2)nc1. The van der Waals surface area contributed by atoms with E-state index >= 15 is 0 Å². The maximum absolute atomic E-state index is 11.5. The van der Waals surface area contributed by atoms with Crippen LogP contribution in [0.4, 0.5) is 5.82 Å². The number of hydrogen-bond donors (Lipinski definition) is 2. The molecule has 2 fully saturated rings. The van der Waals surface area contributed by atoms with Crippen molar-refractivity contribution < 1.29 is 19.5 Å². The van der Waals surface area contributed by atoms with Crippen molar-refractivity contribution in [3.05, 3.63) is 98.8 Å². The zero-order valence-corrected chi connectivity index (χ0v) is 24.4. The van der Waals surface area contributed by atoms with Gasteiger partial charge < -0.3 is 24.4 Å². The van der Waals surface area contributed by atoms with Crippen LogP contribution < -0.4 is 9.64 Å². The van der Waals surface area contributed by atoms with Gasteiger partial charge in [-0.2, -0.15) is 0 Å². The highest BCUT2D eigenvalue weighted by Crippen LogP contribution is 2.46. The lowest BCUT2D eigenvalue weighted by Crippen LogP contribution is -2.43. The Hall–Kier alpha value is -3.23. The molecule has 10 heteroatoms. The molecule has 1 saturated heterocycles. The zero-order valence-electron chi connectivity index (χ0n) is 22.1. The van der Waals surface area contributed by atoms with E-state index in [1.54, 1.807) is 36.5 Å². The predicted octanol–water partition coefficient (Wildman–Crippen LogP) is 8.17. The number of rotatable bonds is 8. The molecule has 6 rings (SSSR count). The average Bonchev–Trinajstić information content (AvgIpc) is 3.72. The van der Waals surface area contributed by atoms with Crippen LogP contribution in [0.25, 0.3) is 17.0 Å². The summed E-state index contributed by atoms with van der Waals surface area (Å²) >= 11 is 19.7. The monoisotopic (exact) mass is 611 g/mol. The molecule has 2 aliphatic rings. The number of benzene rings is 2. The summed E-state index contributed by atoms with van der Waals surface area (Å²) in [7, 11) is 0. The predicted molar refractivity (Wildman–Crippen MR) is 161 cm³/mol. The van der Waals surface area contributed by atoms with E-state index in [4.69, 9.17) is 44.1 Å². The Balaban J connectivity index is 1.16. The summed E-state index contributed by atoms with van der Waals surface area (Å²) in [6.07, 6.45) is 4.63. The number of piperidine rings is 1. The quantitative estimate of drug-likeness (QED) is 0.194. The van der Waals surface area contributed by atoms with Crippen LogP contribution >= 0.6 is 34.8 Å². The van der Waals surface area contributed by atoms with Gasteiger partial charge in [0, 0.05) is 41.9 Å². The molecule has 212 valence electrons. The molecule has 7 nitrogen and oxygen atoms in total. The van der Waals surface area contributed by atoms with Gasteiger partial charge in [-0.25, -0.2) is 4.98 Å². The first-order valence-corrected chi connectivity index (χ1v) is 14.5. The highest BCUT2D eigenvalue weighted by Gasteiger charge is 2.37. The molecule has 0 bridgehead atoms. The van der Waals surface area contributed by atoms with Crippen molar-refractivity contribution in [2.24, 2.45) is 0 Å². The first-order chi connectivity index (χ1) is 19.7. The Morgan fingerprint density at radius 3 is 2.39 bits per heavy atom. The lowest BCUT2D eigenvalue weighted by atomic mass is 9.84. The van der Waals surface area contributed by atoms with E-state index in [-0.39, 0.29) is 12.4 Å². The van der Waals surface area contributed by atoms with Crippen molar-refractivity contribution in [2.75, 3.05) is 18.0 Å². The highest BCUT2D eigenvalue weighted by molar-refractivity contribution is 6.39. The van der Waals surface area contributed by atoms with Gasteiger partial charge in [0.05, 0.1) is 26.2 Å². The van der Waals surface area contributed by atoms with E-state index in [2.05, 4.69) is 21.6 Å². The van der Waals surface area contributed by atoms with Gasteiger partial charge in [0.15, 0.2) is 0 Å². The Labute approximate surface area is 252 Å². The summed E-state index contributed by atoms with van der Waals surface area (Å²) in [4.78, 5) is 6.53. The molecule has 3 heterocycles. The fourth-order valence-electron chi connectivity index (χ4n) is 5.29. The first-order valence-electron chi connectivity index (χ1n) is 13.4. The van der Waals surface area contributed by atoms with Gasteiger partial charge in [0.25, 0.3) is 0 Å². The van der Waals surface area contributed by atoms with Gasteiger partial charge in [-0.15, -0.1) is 0 Å². The molecule has 0 radical (unpaired) electrons. The summed E-state index contributed by atoms with van der Waals surface area (Å²) in [5.41, 5.74) is 2.19. The second-order valence-corrected chi connectivity index (χ2v) is 11.8. The molecule has 2 aromatic heterocycles. The van der Waals surface area contributed by atoms with Crippen LogP contribution in [0.1, 0.15) is 54.1 Å². The third-order valence-corrected chi connectivity index (χ3v) is 8.73. The Morgan fingerprint density at radius 2 is 1.78 bits per heavy atom. The molecule has 0 spiro atoms. The van der Waals surface area contributed by atoms with E-state index in [9.17, 15) is 10.2 Å². The van der Waals surface area contributed by atoms with Crippen LogP contribution in [-0.2, 0) is 12.2 Å². The van der Waals surface area contributed by atoms with Crippen LogP contribution in [0.3, 0.4) is 0 Å². The molecule has 41 heavy (non-hydrogen) atoms. The topological polar surface area (TPSA) is 91.9 Å². The highest BCUT2D eigenvalue weighted by atomic mass is 35.5.